The number of carbonyl (C=O) groups excluding carboxylic acids is 1. The number of aromatic nitrogens is 2. The van der Waals surface area contributed by atoms with Crippen LogP contribution in [-0.4, -0.2) is 32.9 Å². The zero-order valence-corrected chi connectivity index (χ0v) is 13.0. The maximum absolute atomic E-state index is 11.8. The maximum atomic E-state index is 11.8. The van der Waals surface area contributed by atoms with Crippen LogP contribution in [0.4, 0.5) is 0 Å². The number of nitrogens with one attached hydrogen (secondary N) is 1. The number of carbonyl (C=O) groups is 1. The van der Waals surface area contributed by atoms with Crippen molar-refractivity contribution in [3.05, 3.63) is 18.0 Å². The van der Waals surface area contributed by atoms with Crippen LogP contribution in [0.1, 0.15) is 45.6 Å². The molecule has 0 aliphatic rings. The molecule has 0 spiro atoms. The van der Waals surface area contributed by atoms with Gasteiger partial charge in [0.1, 0.15) is 0 Å². The molecule has 2 N–H and O–H groups in total. The fraction of sp³-hybridized carbons (Fsp3) is 0.733. The lowest BCUT2D eigenvalue weighted by Crippen LogP contribution is -2.40. The van der Waals surface area contributed by atoms with Crippen LogP contribution in [0.25, 0.3) is 0 Å². The molecule has 0 radical (unpaired) electrons. The molecule has 0 saturated heterocycles. The van der Waals surface area contributed by atoms with Gasteiger partial charge in [0.15, 0.2) is 0 Å². The van der Waals surface area contributed by atoms with Gasteiger partial charge in [0.2, 0.25) is 5.91 Å². The summed E-state index contributed by atoms with van der Waals surface area (Å²) in [7, 11) is 1.86. The van der Waals surface area contributed by atoms with Gasteiger partial charge in [-0.25, -0.2) is 0 Å². The van der Waals surface area contributed by atoms with Gasteiger partial charge in [0.05, 0.1) is 11.8 Å². The standard InChI is InChI=1S/C15H27N3O2/c1-12(2)7-8-15(3,20)11-16-14(19)6-5-13-9-17-18(4)10-13/h9-10,12,20H,5-8,11H2,1-4H3,(H,16,19). The quantitative estimate of drug-likeness (QED) is 0.761. The van der Waals surface area contributed by atoms with Gasteiger partial charge in [-0.2, -0.15) is 5.10 Å². The predicted molar refractivity (Wildman–Crippen MR) is 79.2 cm³/mol. The molecule has 0 aromatic carbocycles. The van der Waals surface area contributed by atoms with E-state index in [0.29, 0.717) is 31.7 Å². The van der Waals surface area contributed by atoms with E-state index in [4.69, 9.17) is 0 Å². The van der Waals surface area contributed by atoms with Crippen LogP contribution >= 0.6 is 0 Å². The van der Waals surface area contributed by atoms with Gasteiger partial charge in [-0.15, -0.1) is 0 Å². The lowest BCUT2D eigenvalue weighted by Gasteiger charge is -2.24. The Kier molecular flexibility index (Phi) is 6.20. The molecule has 1 unspecified atom stereocenters. The van der Waals surface area contributed by atoms with Crippen LogP contribution in [0.2, 0.25) is 0 Å². The highest BCUT2D eigenvalue weighted by molar-refractivity contribution is 5.76. The van der Waals surface area contributed by atoms with E-state index in [-0.39, 0.29) is 5.91 Å². The smallest absolute Gasteiger partial charge is 0.220 e. The van der Waals surface area contributed by atoms with Crippen LogP contribution in [0.3, 0.4) is 0 Å². The highest BCUT2D eigenvalue weighted by atomic mass is 16.3. The second kappa shape index (κ2) is 7.43. The van der Waals surface area contributed by atoms with Crippen molar-refractivity contribution in [2.75, 3.05) is 6.54 Å². The molecule has 1 heterocycles. The van der Waals surface area contributed by atoms with Gasteiger partial charge in [-0.1, -0.05) is 13.8 Å². The summed E-state index contributed by atoms with van der Waals surface area (Å²) in [5.74, 6) is 0.529. The first-order chi connectivity index (χ1) is 9.28. The van der Waals surface area contributed by atoms with Crippen molar-refractivity contribution in [2.45, 2.75) is 52.1 Å². The van der Waals surface area contributed by atoms with E-state index in [2.05, 4.69) is 24.3 Å². The summed E-state index contributed by atoms with van der Waals surface area (Å²) in [6.45, 7) is 6.34. The third-order valence-corrected chi connectivity index (χ3v) is 3.33. The summed E-state index contributed by atoms with van der Waals surface area (Å²) in [5, 5.41) is 17.0. The molecule has 1 aromatic rings. The third-order valence-electron chi connectivity index (χ3n) is 3.33. The van der Waals surface area contributed by atoms with E-state index in [1.54, 1.807) is 17.8 Å². The molecule has 0 saturated carbocycles. The molecule has 114 valence electrons. The topological polar surface area (TPSA) is 67.2 Å². The number of amides is 1. The molecule has 1 aromatic heterocycles. The Bertz CT molecular complexity index is 425. The Balaban J connectivity index is 2.25. The van der Waals surface area contributed by atoms with Crippen molar-refractivity contribution in [3.8, 4) is 0 Å². The monoisotopic (exact) mass is 281 g/mol. The number of hydrogen-bond acceptors (Lipinski definition) is 3. The van der Waals surface area contributed by atoms with Crippen molar-refractivity contribution >= 4 is 5.91 Å². The molecule has 0 aliphatic heterocycles. The second-order valence-electron chi connectivity index (χ2n) is 6.23. The normalized spacial score (nSPS) is 14.3. The van der Waals surface area contributed by atoms with Crippen molar-refractivity contribution in [2.24, 2.45) is 13.0 Å². The van der Waals surface area contributed by atoms with Gasteiger partial charge < -0.3 is 10.4 Å². The zero-order chi connectivity index (χ0) is 15.2. The zero-order valence-electron chi connectivity index (χ0n) is 13.0. The molecule has 1 rings (SSSR count). The van der Waals surface area contributed by atoms with E-state index in [1.165, 1.54) is 0 Å². The Morgan fingerprint density at radius 3 is 2.80 bits per heavy atom. The molecular formula is C15H27N3O2. The van der Waals surface area contributed by atoms with Crippen LogP contribution < -0.4 is 5.32 Å². The Morgan fingerprint density at radius 2 is 2.25 bits per heavy atom. The summed E-state index contributed by atoms with van der Waals surface area (Å²) in [6, 6.07) is 0. The SMILES string of the molecule is CC(C)CCC(C)(O)CNC(=O)CCc1cnn(C)c1. The molecule has 0 fully saturated rings. The van der Waals surface area contributed by atoms with Crippen molar-refractivity contribution in [1.82, 2.24) is 15.1 Å². The molecule has 0 bridgehead atoms. The fourth-order valence-electron chi connectivity index (χ4n) is 1.92. The summed E-state index contributed by atoms with van der Waals surface area (Å²) < 4.78 is 1.73. The lowest BCUT2D eigenvalue weighted by molar-refractivity contribution is -0.122. The Hall–Kier alpha value is -1.36. The van der Waals surface area contributed by atoms with Crippen LogP contribution in [-0.2, 0) is 18.3 Å². The van der Waals surface area contributed by atoms with E-state index >= 15 is 0 Å². The molecule has 5 nitrogen and oxygen atoms in total. The lowest BCUT2D eigenvalue weighted by atomic mass is 9.95. The minimum atomic E-state index is -0.825. The van der Waals surface area contributed by atoms with Gasteiger partial charge in [0.25, 0.3) is 0 Å². The van der Waals surface area contributed by atoms with E-state index in [9.17, 15) is 9.90 Å². The predicted octanol–water partition coefficient (Wildman–Crippen LogP) is 1.66. The fourth-order valence-corrected chi connectivity index (χ4v) is 1.92. The maximum Gasteiger partial charge on any atom is 0.220 e. The molecule has 0 aliphatic carbocycles. The van der Waals surface area contributed by atoms with E-state index < -0.39 is 5.60 Å². The first-order valence-corrected chi connectivity index (χ1v) is 7.25. The van der Waals surface area contributed by atoms with Crippen LogP contribution in [0, 0.1) is 5.92 Å². The average molecular weight is 281 g/mol. The van der Waals surface area contributed by atoms with E-state index in [0.717, 1.165) is 12.0 Å². The summed E-state index contributed by atoms with van der Waals surface area (Å²) >= 11 is 0. The minimum Gasteiger partial charge on any atom is -0.388 e. The molecule has 5 heteroatoms. The number of nitrogens with zero attached hydrogens (tertiary/aromatic N) is 2. The van der Waals surface area contributed by atoms with Crippen LogP contribution in [0.5, 0.6) is 0 Å². The number of aliphatic hydroxyl groups is 1. The van der Waals surface area contributed by atoms with Crippen LogP contribution in [0.15, 0.2) is 12.4 Å². The summed E-state index contributed by atoms with van der Waals surface area (Å²) in [6.07, 6.45) is 6.43. The van der Waals surface area contributed by atoms with Crippen molar-refractivity contribution < 1.29 is 9.90 Å². The van der Waals surface area contributed by atoms with Crippen molar-refractivity contribution in [1.29, 1.82) is 0 Å². The van der Waals surface area contributed by atoms with E-state index in [1.807, 2.05) is 13.2 Å². The molecule has 1 atom stereocenters. The largest absolute Gasteiger partial charge is 0.388 e. The van der Waals surface area contributed by atoms with Gasteiger partial charge in [-0.3, -0.25) is 9.48 Å². The number of rotatable bonds is 8. The Labute approximate surface area is 121 Å². The van der Waals surface area contributed by atoms with Crippen molar-refractivity contribution in [3.63, 3.8) is 0 Å². The van der Waals surface area contributed by atoms with Gasteiger partial charge in [-0.05, 0) is 37.7 Å². The summed E-state index contributed by atoms with van der Waals surface area (Å²) in [5.41, 5.74) is 0.225. The number of hydrogen-bond donors (Lipinski definition) is 2. The first kappa shape index (κ1) is 16.7. The first-order valence-electron chi connectivity index (χ1n) is 7.25. The highest BCUT2D eigenvalue weighted by Crippen LogP contribution is 2.15. The molecule has 20 heavy (non-hydrogen) atoms. The summed E-state index contributed by atoms with van der Waals surface area (Å²) in [4.78, 5) is 11.8. The molecular weight excluding hydrogens is 254 g/mol. The average Bonchev–Trinajstić information content (AvgIpc) is 2.78. The molecule has 1 amide bonds. The number of aryl methyl sites for hydroxylation is 2. The Morgan fingerprint density at radius 1 is 1.55 bits per heavy atom. The van der Waals surface area contributed by atoms with Gasteiger partial charge >= 0.3 is 0 Å². The minimum absolute atomic E-state index is 0.0290. The van der Waals surface area contributed by atoms with Gasteiger partial charge in [0, 0.05) is 26.2 Å². The highest BCUT2D eigenvalue weighted by Gasteiger charge is 2.21. The third kappa shape index (κ3) is 6.70. The second-order valence-corrected chi connectivity index (χ2v) is 6.23.